The van der Waals surface area contributed by atoms with Crippen LogP contribution in [0.15, 0.2) is 59.2 Å². The van der Waals surface area contributed by atoms with Gasteiger partial charge in [0.05, 0.1) is 5.56 Å². The molecule has 0 saturated carbocycles. The first-order valence-electron chi connectivity index (χ1n) is 8.02. The molecule has 26 heavy (non-hydrogen) atoms. The minimum Gasteiger partial charge on any atom is -0.481 e. The molecule has 0 saturated heterocycles. The summed E-state index contributed by atoms with van der Waals surface area (Å²) in [6, 6.07) is 14.8. The molecule has 3 rings (SSSR count). The predicted molar refractivity (Wildman–Crippen MR) is 103 cm³/mol. The number of rotatable bonds is 4. The third-order valence-electron chi connectivity index (χ3n) is 3.92. The summed E-state index contributed by atoms with van der Waals surface area (Å²) in [5.74, 6) is -0.272. The Morgan fingerprint density at radius 2 is 1.88 bits per heavy atom. The number of para-hydroxylation sites is 1. The molecular formula is C19H18BrN3O3. The molecule has 0 radical (unpaired) electrons. The largest absolute Gasteiger partial charge is 0.481 e. The van der Waals surface area contributed by atoms with E-state index in [0.717, 1.165) is 15.4 Å². The van der Waals surface area contributed by atoms with Gasteiger partial charge in [-0.2, -0.15) is 0 Å². The fourth-order valence-electron chi connectivity index (χ4n) is 2.61. The number of carbonyl (C=O) groups is 2. The second kappa shape index (κ2) is 7.61. The third-order valence-corrected chi connectivity index (χ3v) is 4.41. The molecule has 134 valence electrons. The van der Waals surface area contributed by atoms with Gasteiger partial charge in [0.15, 0.2) is 6.10 Å². The number of hydrazine groups is 1. The van der Waals surface area contributed by atoms with Crippen molar-refractivity contribution in [1.29, 1.82) is 0 Å². The molecule has 7 heteroatoms. The summed E-state index contributed by atoms with van der Waals surface area (Å²) in [6.45, 7) is 1.61. The van der Waals surface area contributed by atoms with Crippen molar-refractivity contribution in [1.82, 2.24) is 15.4 Å². The van der Waals surface area contributed by atoms with Crippen molar-refractivity contribution in [2.75, 3.05) is 0 Å². The van der Waals surface area contributed by atoms with Crippen LogP contribution in [0.4, 0.5) is 0 Å². The highest BCUT2D eigenvalue weighted by Crippen LogP contribution is 2.20. The number of aryl methyl sites for hydroxylation is 1. The summed E-state index contributed by atoms with van der Waals surface area (Å²) in [5, 5.41) is 0.820. The summed E-state index contributed by atoms with van der Waals surface area (Å²) in [6.07, 6.45) is 0.963. The number of nitrogens with one attached hydrogen (secondary N) is 2. The number of halogens is 1. The Morgan fingerprint density at radius 3 is 2.65 bits per heavy atom. The first kappa shape index (κ1) is 18.0. The molecular weight excluding hydrogens is 398 g/mol. The number of nitrogens with zero attached hydrogens (tertiary/aromatic N) is 1. The van der Waals surface area contributed by atoms with Crippen LogP contribution < -0.4 is 15.6 Å². The van der Waals surface area contributed by atoms with Crippen molar-refractivity contribution in [3.63, 3.8) is 0 Å². The first-order valence-corrected chi connectivity index (χ1v) is 8.81. The Bertz CT molecular complexity index is 968. The number of fused-ring (bicyclic) bond motifs is 1. The second-order valence-electron chi connectivity index (χ2n) is 5.83. The van der Waals surface area contributed by atoms with E-state index in [1.54, 1.807) is 25.3 Å². The lowest BCUT2D eigenvalue weighted by Crippen LogP contribution is -2.47. The highest BCUT2D eigenvalue weighted by molar-refractivity contribution is 9.10. The van der Waals surface area contributed by atoms with E-state index >= 15 is 0 Å². The molecule has 0 aliphatic carbocycles. The van der Waals surface area contributed by atoms with Crippen LogP contribution in [-0.4, -0.2) is 22.5 Å². The maximum absolute atomic E-state index is 12.4. The molecule has 1 aromatic heterocycles. The molecule has 6 nitrogen and oxygen atoms in total. The molecule has 0 spiro atoms. The number of benzene rings is 2. The van der Waals surface area contributed by atoms with Crippen molar-refractivity contribution in [2.45, 2.75) is 13.0 Å². The number of ether oxygens (including phenoxy) is 1. The smallest absolute Gasteiger partial charge is 0.279 e. The maximum Gasteiger partial charge on any atom is 0.279 e. The number of amides is 2. The van der Waals surface area contributed by atoms with Crippen LogP contribution in [0, 0.1) is 0 Å². The molecule has 1 atom stereocenters. The molecule has 0 bridgehead atoms. The Hall–Kier alpha value is -2.80. The van der Waals surface area contributed by atoms with Gasteiger partial charge in [-0.15, -0.1) is 0 Å². The van der Waals surface area contributed by atoms with Crippen molar-refractivity contribution >= 4 is 38.6 Å². The summed E-state index contributed by atoms with van der Waals surface area (Å²) >= 11 is 3.35. The number of hydrogen-bond acceptors (Lipinski definition) is 3. The Morgan fingerprint density at radius 1 is 1.12 bits per heavy atom. The van der Waals surface area contributed by atoms with Crippen LogP contribution in [0.25, 0.3) is 10.9 Å². The van der Waals surface area contributed by atoms with Gasteiger partial charge in [-0.3, -0.25) is 20.4 Å². The van der Waals surface area contributed by atoms with Crippen molar-refractivity contribution < 1.29 is 14.3 Å². The second-order valence-corrected chi connectivity index (χ2v) is 6.75. The van der Waals surface area contributed by atoms with Crippen LogP contribution in [0.1, 0.15) is 17.3 Å². The average molecular weight is 416 g/mol. The molecule has 0 aliphatic heterocycles. The van der Waals surface area contributed by atoms with Gasteiger partial charge in [-0.25, -0.2) is 0 Å². The molecule has 1 heterocycles. The van der Waals surface area contributed by atoms with Crippen LogP contribution in [0.3, 0.4) is 0 Å². The summed E-state index contributed by atoms with van der Waals surface area (Å²) < 4.78 is 8.29. The molecule has 2 N–H and O–H groups in total. The fourth-order valence-corrected chi connectivity index (χ4v) is 2.99. The maximum atomic E-state index is 12.4. The Labute approximate surface area is 159 Å². The summed E-state index contributed by atoms with van der Waals surface area (Å²) in [7, 11) is 1.87. The zero-order valence-electron chi connectivity index (χ0n) is 14.3. The number of carbonyl (C=O) groups excluding carboxylic acids is 2. The monoisotopic (exact) mass is 415 g/mol. The highest BCUT2D eigenvalue weighted by atomic mass is 79.9. The van der Waals surface area contributed by atoms with Gasteiger partial charge in [-0.05, 0) is 31.2 Å². The molecule has 2 amide bonds. The highest BCUT2D eigenvalue weighted by Gasteiger charge is 2.18. The van der Waals surface area contributed by atoms with Gasteiger partial charge < -0.3 is 9.30 Å². The molecule has 0 unspecified atom stereocenters. The third kappa shape index (κ3) is 3.88. The zero-order chi connectivity index (χ0) is 18.7. The van der Waals surface area contributed by atoms with Crippen LogP contribution in [0.2, 0.25) is 0 Å². The molecule has 0 aliphatic rings. The standard InChI is InChI=1S/C19H18BrN3O3/c1-12(26-14-7-5-6-13(20)10-14)18(24)21-22-19(25)16-11-23(2)17-9-4-3-8-15(16)17/h3-12H,1-2H3,(H,21,24)(H,22,25)/t12-/m0/s1. The minimum atomic E-state index is -0.767. The van der Waals surface area contributed by atoms with Gasteiger partial charge >= 0.3 is 0 Å². The zero-order valence-corrected chi connectivity index (χ0v) is 15.9. The van der Waals surface area contributed by atoms with E-state index in [2.05, 4.69) is 26.8 Å². The van der Waals surface area contributed by atoms with Gasteiger partial charge in [-0.1, -0.05) is 40.2 Å². The van der Waals surface area contributed by atoms with Gasteiger partial charge in [0, 0.05) is 28.6 Å². The fraction of sp³-hybridized carbons (Fsp3) is 0.158. The van der Waals surface area contributed by atoms with Gasteiger partial charge in [0.1, 0.15) is 5.75 Å². The summed E-state index contributed by atoms with van der Waals surface area (Å²) in [4.78, 5) is 24.6. The topological polar surface area (TPSA) is 72.4 Å². The predicted octanol–water partition coefficient (Wildman–Crippen LogP) is 3.17. The van der Waals surface area contributed by atoms with E-state index in [0.29, 0.717) is 11.3 Å². The van der Waals surface area contributed by atoms with E-state index in [4.69, 9.17) is 4.74 Å². The van der Waals surface area contributed by atoms with Crippen molar-refractivity contribution in [2.24, 2.45) is 7.05 Å². The SMILES string of the molecule is C[C@H](Oc1cccc(Br)c1)C(=O)NNC(=O)c1cn(C)c2ccccc12. The lowest BCUT2D eigenvalue weighted by molar-refractivity contribution is -0.128. The van der Waals surface area contributed by atoms with Crippen LogP contribution >= 0.6 is 15.9 Å². The van der Waals surface area contributed by atoms with E-state index in [1.807, 2.05) is 48.0 Å². The van der Waals surface area contributed by atoms with Crippen molar-refractivity contribution in [3.05, 3.63) is 64.8 Å². The lowest BCUT2D eigenvalue weighted by Gasteiger charge is -2.15. The molecule has 3 aromatic rings. The van der Waals surface area contributed by atoms with Crippen LogP contribution in [0.5, 0.6) is 5.75 Å². The number of hydrogen-bond donors (Lipinski definition) is 2. The molecule has 2 aromatic carbocycles. The molecule has 0 fully saturated rings. The van der Waals surface area contributed by atoms with Crippen LogP contribution in [-0.2, 0) is 11.8 Å². The Balaban J connectivity index is 1.62. The summed E-state index contributed by atoms with van der Waals surface area (Å²) in [5.41, 5.74) is 6.28. The minimum absolute atomic E-state index is 0.384. The average Bonchev–Trinajstić information content (AvgIpc) is 2.96. The lowest BCUT2D eigenvalue weighted by atomic mass is 10.2. The van der Waals surface area contributed by atoms with E-state index in [-0.39, 0.29) is 5.91 Å². The van der Waals surface area contributed by atoms with E-state index < -0.39 is 12.0 Å². The quantitative estimate of drug-likeness (QED) is 0.642. The van der Waals surface area contributed by atoms with Gasteiger partial charge in [0.2, 0.25) is 0 Å². The normalized spacial score (nSPS) is 11.8. The van der Waals surface area contributed by atoms with Gasteiger partial charge in [0.25, 0.3) is 11.8 Å². The van der Waals surface area contributed by atoms with E-state index in [1.165, 1.54) is 0 Å². The van der Waals surface area contributed by atoms with E-state index in [9.17, 15) is 9.59 Å². The Kier molecular flexibility index (Phi) is 5.27. The first-order chi connectivity index (χ1) is 12.5. The number of aromatic nitrogens is 1. The van der Waals surface area contributed by atoms with Crippen molar-refractivity contribution in [3.8, 4) is 5.75 Å².